The van der Waals surface area contributed by atoms with Crippen LogP contribution in [0.1, 0.15) is 45.4 Å². The van der Waals surface area contributed by atoms with Crippen molar-refractivity contribution in [1.82, 2.24) is 0 Å². The molecule has 0 radical (unpaired) electrons. The van der Waals surface area contributed by atoms with E-state index in [4.69, 9.17) is 11.7 Å². The number of carboxylic acid groups (broad SMARTS) is 1. The van der Waals surface area contributed by atoms with Crippen LogP contribution < -0.4 is 4.90 Å². The van der Waals surface area contributed by atoms with E-state index in [1.165, 1.54) is 48.8 Å². The Morgan fingerprint density at radius 3 is 2.68 bits per heavy atom. The second kappa shape index (κ2) is 9.95. The lowest BCUT2D eigenvalue weighted by atomic mass is 10.1. The Kier molecular flexibility index (Phi) is 7.62. The zero-order chi connectivity index (χ0) is 18.1. The summed E-state index contributed by atoms with van der Waals surface area (Å²) in [5.41, 5.74) is 0.906. The molecule has 132 valence electrons. The molecule has 0 unspecified atom stereocenters. The summed E-state index contributed by atoms with van der Waals surface area (Å²) >= 11 is 1.63. The van der Waals surface area contributed by atoms with Crippen molar-refractivity contribution in [3.8, 4) is 0 Å². The first kappa shape index (κ1) is 19.1. The third-order valence-corrected chi connectivity index (χ3v) is 5.23. The van der Waals surface area contributed by atoms with Gasteiger partial charge in [0.25, 0.3) is 5.70 Å². The van der Waals surface area contributed by atoms with Gasteiger partial charge in [0, 0.05) is 11.4 Å². The summed E-state index contributed by atoms with van der Waals surface area (Å²) in [4.78, 5) is 17.5. The summed E-state index contributed by atoms with van der Waals surface area (Å²) in [6, 6.07) is 8.20. The Morgan fingerprint density at radius 2 is 1.96 bits per heavy atom. The number of allylic oxidation sites excluding steroid dienone is 2. The summed E-state index contributed by atoms with van der Waals surface area (Å²) in [7, 11) is 0. The van der Waals surface area contributed by atoms with Gasteiger partial charge < -0.3 is 10.0 Å². The van der Waals surface area contributed by atoms with Gasteiger partial charge in [-0.05, 0) is 30.7 Å². The molecule has 1 aromatic carbocycles. The first-order valence-corrected chi connectivity index (χ1v) is 9.56. The van der Waals surface area contributed by atoms with E-state index in [-0.39, 0.29) is 5.70 Å². The van der Waals surface area contributed by atoms with Crippen LogP contribution in [0.25, 0.3) is 4.85 Å². The molecular weight excluding hydrogens is 332 g/mol. The predicted octanol–water partition coefficient (Wildman–Crippen LogP) is 5.69. The number of benzene rings is 1. The van der Waals surface area contributed by atoms with Crippen molar-refractivity contribution in [1.29, 1.82) is 0 Å². The van der Waals surface area contributed by atoms with E-state index in [1.807, 2.05) is 12.1 Å². The lowest BCUT2D eigenvalue weighted by Gasteiger charge is -2.20. The SMILES string of the molecule is [C-]#[N+]C(=CC=C1Sc2ccccc2N1CCCCCCCC)C(=O)O. The molecule has 0 bridgehead atoms. The van der Waals surface area contributed by atoms with Gasteiger partial charge in [-0.1, -0.05) is 62.9 Å². The van der Waals surface area contributed by atoms with Gasteiger partial charge in [0.15, 0.2) is 0 Å². The van der Waals surface area contributed by atoms with Gasteiger partial charge in [0.05, 0.1) is 17.3 Å². The van der Waals surface area contributed by atoms with Crippen LogP contribution in [0.4, 0.5) is 5.69 Å². The van der Waals surface area contributed by atoms with Crippen molar-refractivity contribution in [3.63, 3.8) is 0 Å². The molecule has 0 spiro atoms. The maximum Gasteiger partial charge on any atom is 0.333 e. The first-order valence-electron chi connectivity index (χ1n) is 8.74. The molecule has 0 amide bonds. The molecule has 0 saturated carbocycles. The first-order chi connectivity index (χ1) is 12.2. The Balaban J connectivity index is 2.08. The molecule has 1 aliphatic heterocycles. The molecule has 0 saturated heterocycles. The van der Waals surface area contributed by atoms with Crippen molar-refractivity contribution >= 4 is 23.4 Å². The van der Waals surface area contributed by atoms with E-state index in [1.54, 1.807) is 17.8 Å². The third-order valence-electron chi connectivity index (χ3n) is 4.10. The standard InChI is InChI=1S/C20H24N2O2S/c1-3-4-5-6-7-10-15-22-17-11-8-9-12-18(17)25-19(22)14-13-16(21-2)20(23)24/h8-9,11-14H,3-7,10,15H2,1H3,(H,23,24). The maximum absolute atomic E-state index is 11.0. The van der Waals surface area contributed by atoms with Crippen molar-refractivity contribution in [2.24, 2.45) is 0 Å². The van der Waals surface area contributed by atoms with Crippen LogP contribution in [0.3, 0.4) is 0 Å². The van der Waals surface area contributed by atoms with Gasteiger partial charge in [0.2, 0.25) is 0 Å². The number of para-hydroxylation sites is 1. The van der Waals surface area contributed by atoms with E-state index in [0.717, 1.165) is 18.0 Å². The summed E-state index contributed by atoms with van der Waals surface area (Å²) in [5.74, 6) is -1.19. The van der Waals surface area contributed by atoms with Crippen molar-refractivity contribution < 1.29 is 9.90 Å². The second-order valence-corrected chi connectivity index (χ2v) is 7.03. The van der Waals surface area contributed by atoms with E-state index >= 15 is 0 Å². The highest BCUT2D eigenvalue weighted by molar-refractivity contribution is 8.03. The van der Waals surface area contributed by atoms with Crippen LogP contribution in [0.15, 0.2) is 52.0 Å². The predicted molar refractivity (Wildman–Crippen MR) is 103 cm³/mol. The molecule has 2 rings (SSSR count). The molecule has 1 N–H and O–H groups in total. The smallest absolute Gasteiger partial charge is 0.333 e. The third kappa shape index (κ3) is 5.40. The lowest BCUT2D eigenvalue weighted by molar-refractivity contribution is -0.132. The highest BCUT2D eigenvalue weighted by Gasteiger charge is 2.23. The fourth-order valence-corrected chi connectivity index (χ4v) is 3.86. The maximum atomic E-state index is 11.0. The number of anilines is 1. The number of rotatable bonds is 9. The Labute approximate surface area is 154 Å². The fraction of sp³-hybridized carbons (Fsp3) is 0.400. The van der Waals surface area contributed by atoms with Gasteiger partial charge in [-0.15, -0.1) is 0 Å². The summed E-state index contributed by atoms with van der Waals surface area (Å²) in [5, 5.41) is 9.98. The molecule has 25 heavy (non-hydrogen) atoms. The minimum absolute atomic E-state index is 0.261. The highest BCUT2D eigenvalue weighted by Crippen LogP contribution is 2.45. The molecule has 0 aliphatic carbocycles. The van der Waals surface area contributed by atoms with E-state index in [0.29, 0.717) is 0 Å². The molecule has 5 heteroatoms. The van der Waals surface area contributed by atoms with Crippen molar-refractivity contribution in [2.75, 3.05) is 11.4 Å². The summed E-state index contributed by atoms with van der Waals surface area (Å²) in [6.07, 6.45) is 10.6. The van der Waals surface area contributed by atoms with Crippen LogP contribution in [-0.4, -0.2) is 17.6 Å². The molecule has 0 atom stereocenters. The average Bonchev–Trinajstić information content (AvgIpc) is 2.96. The molecule has 4 nitrogen and oxygen atoms in total. The molecule has 0 fully saturated rings. The molecular formula is C20H24N2O2S. The number of hydrogen-bond acceptors (Lipinski definition) is 3. The van der Waals surface area contributed by atoms with Crippen LogP contribution >= 0.6 is 11.8 Å². The minimum Gasteiger partial charge on any atom is -0.486 e. The second-order valence-electron chi connectivity index (χ2n) is 5.96. The number of carbonyl (C=O) groups is 1. The van der Waals surface area contributed by atoms with Crippen LogP contribution in [0, 0.1) is 6.57 Å². The summed E-state index contributed by atoms with van der Waals surface area (Å²) < 4.78 is 0. The quantitative estimate of drug-likeness (QED) is 0.351. The van der Waals surface area contributed by atoms with Crippen LogP contribution in [0.2, 0.25) is 0 Å². The van der Waals surface area contributed by atoms with Gasteiger partial charge in [0.1, 0.15) is 0 Å². The Bertz CT molecular complexity index is 704. The van der Waals surface area contributed by atoms with E-state index in [2.05, 4.69) is 28.8 Å². The average molecular weight is 356 g/mol. The van der Waals surface area contributed by atoms with Gasteiger partial charge in [-0.25, -0.2) is 4.85 Å². The topological polar surface area (TPSA) is 44.9 Å². The molecule has 1 heterocycles. The highest BCUT2D eigenvalue weighted by atomic mass is 32.2. The van der Waals surface area contributed by atoms with E-state index < -0.39 is 5.97 Å². The lowest BCUT2D eigenvalue weighted by Crippen LogP contribution is -2.19. The fourth-order valence-electron chi connectivity index (χ4n) is 2.76. The zero-order valence-electron chi connectivity index (χ0n) is 14.6. The minimum atomic E-state index is -1.19. The van der Waals surface area contributed by atoms with Crippen LogP contribution in [-0.2, 0) is 4.79 Å². The van der Waals surface area contributed by atoms with Gasteiger partial charge in [-0.3, -0.25) is 4.79 Å². The Hall–Kier alpha value is -2.19. The number of carboxylic acids is 1. The Morgan fingerprint density at radius 1 is 1.24 bits per heavy atom. The number of unbranched alkanes of at least 4 members (excludes halogenated alkanes) is 5. The van der Waals surface area contributed by atoms with Crippen molar-refractivity contribution in [3.05, 3.63) is 58.6 Å². The summed E-state index contributed by atoms with van der Waals surface area (Å²) in [6.45, 7) is 10.1. The van der Waals surface area contributed by atoms with Crippen LogP contribution in [0.5, 0.6) is 0 Å². The van der Waals surface area contributed by atoms with Gasteiger partial charge in [-0.2, -0.15) is 0 Å². The zero-order valence-corrected chi connectivity index (χ0v) is 15.4. The largest absolute Gasteiger partial charge is 0.486 e. The molecule has 1 aromatic rings. The number of aliphatic carboxylic acids is 1. The normalized spacial score (nSPS) is 15.3. The number of fused-ring (bicyclic) bond motifs is 1. The van der Waals surface area contributed by atoms with E-state index in [9.17, 15) is 4.79 Å². The number of hydrogen-bond donors (Lipinski definition) is 1. The number of thioether (sulfide) groups is 1. The molecule has 1 aliphatic rings. The van der Waals surface area contributed by atoms with Crippen molar-refractivity contribution in [2.45, 2.75) is 50.3 Å². The number of nitrogens with zero attached hydrogens (tertiary/aromatic N) is 2. The molecule has 0 aromatic heterocycles. The van der Waals surface area contributed by atoms with Gasteiger partial charge >= 0.3 is 5.97 Å². The monoisotopic (exact) mass is 356 g/mol.